The van der Waals surface area contributed by atoms with Crippen molar-refractivity contribution in [2.45, 2.75) is 13.3 Å². The molecule has 0 aliphatic carbocycles. The average Bonchev–Trinajstić information content (AvgIpc) is 1.61. The van der Waals surface area contributed by atoms with Gasteiger partial charge in [-0.05, 0) is 6.16 Å². The molecule has 0 rings (SSSR count). The molecule has 0 fully saturated rings. The van der Waals surface area contributed by atoms with Gasteiger partial charge in [-0.1, -0.05) is 34.3 Å². The molecule has 0 unspecified atom stereocenters. The lowest BCUT2D eigenvalue weighted by Gasteiger charge is -1.81. The fourth-order valence-corrected chi connectivity index (χ4v) is 0.661. The van der Waals surface area contributed by atoms with Crippen molar-refractivity contribution >= 4 is 8.58 Å². The lowest BCUT2D eigenvalue weighted by atomic mass is 10.6. The van der Waals surface area contributed by atoms with E-state index < -0.39 is 0 Å². The van der Waals surface area contributed by atoms with Crippen LogP contribution in [0.5, 0.6) is 0 Å². The number of rotatable bonds is 3. The Kier molecular flexibility index (Phi) is 5.32. The van der Waals surface area contributed by atoms with Crippen molar-refractivity contribution in [1.29, 1.82) is 0 Å². The van der Waals surface area contributed by atoms with E-state index in [4.69, 9.17) is 0 Å². The van der Waals surface area contributed by atoms with Crippen LogP contribution in [-0.2, 0) is 0 Å². The molecule has 0 amide bonds. The third kappa shape index (κ3) is 4.17. The van der Waals surface area contributed by atoms with E-state index in [-0.39, 0.29) is 0 Å². The van der Waals surface area contributed by atoms with Gasteiger partial charge in [0, 0.05) is 0 Å². The topological polar surface area (TPSA) is 0 Å². The summed E-state index contributed by atoms with van der Waals surface area (Å²) in [7, 11) is 1.38. The quantitative estimate of drug-likeness (QED) is 0.378. The van der Waals surface area contributed by atoms with Gasteiger partial charge in [-0.3, -0.25) is 0 Å². The van der Waals surface area contributed by atoms with Gasteiger partial charge >= 0.3 is 0 Å². The van der Waals surface area contributed by atoms with E-state index in [1.54, 1.807) is 0 Å². The number of hydrogen-bond acceptors (Lipinski definition) is 0. The minimum absolute atomic E-state index is 1.27. The zero-order chi connectivity index (χ0) is 4.83. The van der Waals surface area contributed by atoms with E-state index in [0.717, 1.165) is 0 Å². The molecule has 0 nitrogen and oxygen atoms in total. The predicted molar refractivity (Wildman–Crippen MR) is 32.3 cm³/mol. The molecular formula is C5H10P. The average molecular weight is 101 g/mol. The van der Waals surface area contributed by atoms with Crippen LogP contribution < -0.4 is 0 Å². The fraction of sp³-hybridized carbons (Fsp3) is 0.600. The van der Waals surface area contributed by atoms with Crippen molar-refractivity contribution < 1.29 is 0 Å². The fourth-order valence-electron chi connectivity index (χ4n) is 0.220. The summed E-state index contributed by atoms with van der Waals surface area (Å²) in [5, 5.41) is 0. The Balaban J connectivity index is 2.49. The van der Waals surface area contributed by atoms with Crippen LogP contribution in [0.2, 0.25) is 0 Å². The van der Waals surface area contributed by atoms with Crippen molar-refractivity contribution in [1.82, 2.24) is 0 Å². The van der Waals surface area contributed by atoms with E-state index in [0.29, 0.717) is 0 Å². The van der Waals surface area contributed by atoms with Gasteiger partial charge in [0.2, 0.25) is 0 Å². The van der Waals surface area contributed by atoms with Gasteiger partial charge in [0.15, 0.2) is 0 Å². The zero-order valence-electron chi connectivity index (χ0n) is 4.15. The second-order valence-electron chi connectivity index (χ2n) is 1.09. The van der Waals surface area contributed by atoms with Gasteiger partial charge < -0.3 is 0 Å². The predicted octanol–water partition coefficient (Wildman–Crippen LogP) is 2.49. The molecule has 0 aromatic rings. The summed E-state index contributed by atoms with van der Waals surface area (Å²) in [6, 6.07) is 0. The van der Waals surface area contributed by atoms with Crippen LogP contribution in [-0.4, -0.2) is 6.16 Å². The lowest BCUT2D eigenvalue weighted by Crippen LogP contribution is -1.61. The summed E-state index contributed by atoms with van der Waals surface area (Å²) < 4.78 is 0. The maximum atomic E-state index is 3.59. The third-order valence-electron chi connectivity index (χ3n) is 0.482. The van der Waals surface area contributed by atoms with E-state index >= 15 is 0 Å². The maximum Gasteiger partial charge on any atom is -0.0252 e. The highest BCUT2D eigenvalue weighted by Crippen LogP contribution is 2.09. The van der Waals surface area contributed by atoms with Gasteiger partial charge in [0.05, 0.1) is 0 Å². The minimum atomic E-state index is 1.27. The second-order valence-corrected chi connectivity index (χ2v) is 2.27. The molecule has 0 spiro atoms. The van der Waals surface area contributed by atoms with Gasteiger partial charge in [0.1, 0.15) is 0 Å². The highest BCUT2D eigenvalue weighted by Gasteiger charge is 1.72. The molecule has 0 aromatic carbocycles. The molecular weight excluding hydrogens is 91.0 g/mol. The Morgan fingerprint density at radius 1 is 1.83 bits per heavy atom. The molecule has 0 saturated heterocycles. The first-order valence-electron chi connectivity index (χ1n) is 2.19. The second kappa shape index (κ2) is 5.17. The zero-order valence-corrected chi connectivity index (χ0v) is 5.04. The summed E-state index contributed by atoms with van der Waals surface area (Å²) in [5.41, 5.74) is 0. The standard InChI is InChI=1S/C5H10P/c1-3-5-6-4-2/h4H,2-3,5H2,1H3. The maximum absolute atomic E-state index is 3.59. The van der Waals surface area contributed by atoms with Crippen molar-refractivity contribution in [2.75, 3.05) is 6.16 Å². The van der Waals surface area contributed by atoms with Crippen LogP contribution in [0.3, 0.4) is 0 Å². The van der Waals surface area contributed by atoms with Gasteiger partial charge in [-0.2, -0.15) is 0 Å². The molecule has 0 aromatic heterocycles. The van der Waals surface area contributed by atoms with Crippen LogP contribution in [0.25, 0.3) is 0 Å². The molecule has 35 valence electrons. The summed E-state index contributed by atoms with van der Waals surface area (Å²) in [6.07, 6.45) is 2.54. The van der Waals surface area contributed by atoms with Crippen molar-refractivity contribution in [3.8, 4) is 0 Å². The first kappa shape index (κ1) is 6.17. The van der Waals surface area contributed by atoms with Gasteiger partial charge in [-0.15, -0.1) is 0 Å². The van der Waals surface area contributed by atoms with Crippen LogP contribution >= 0.6 is 8.58 Å². The Bertz CT molecular complexity index is 32.9. The molecule has 0 saturated carbocycles. The van der Waals surface area contributed by atoms with E-state index in [1.165, 1.54) is 21.2 Å². The van der Waals surface area contributed by atoms with Crippen LogP contribution in [0.15, 0.2) is 12.4 Å². The van der Waals surface area contributed by atoms with E-state index in [2.05, 4.69) is 13.5 Å². The molecule has 0 aliphatic rings. The Labute approximate surface area is 41.4 Å². The van der Waals surface area contributed by atoms with Crippen LogP contribution in [0.4, 0.5) is 0 Å². The molecule has 0 N–H and O–H groups in total. The number of hydrogen-bond donors (Lipinski definition) is 0. The summed E-state index contributed by atoms with van der Waals surface area (Å²) in [4.78, 5) is 0. The van der Waals surface area contributed by atoms with E-state index in [9.17, 15) is 0 Å². The largest absolute Gasteiger partial charge is 0.0982 e. The third-order valence-corrected chi connectivity index (χ3v) is 1.45. The molecule has 1 radical (unpaired) electrons. The summed E-state index contributed by atoms with van der Waals surface area (Å²) >= 11 is 0. The molecule has 0 aliphatic heterocycles. The first-order chi connectivity index (χ1) is 2.91. The molecule has 6 heavy (non-hydrogen) atoms. The Morgan fingerprint density at radius 2 is 2.50 bits per heavy atom. The molecule has 0 atom stereocenters. The molecule has 0 bridgehead atoms. The monoisotopic (exact) mass is 101 g/mol. The highest BCUT2D eigenvalue weighted by atomic mass is 31.1. The SMILES string of the molecule is C=C[P]CCC. The van der Waals surface area contributed by atoms with Crippen molar-refractivity contribution in [3.63, 3.8) is 0 Å². The minimum Gasteiger partial charge on any atom is -0.0982 e. The van der Waals surface area contributed by atoms with Gasteiger partial charge in [0.25, 0.3) is 0 Å². The first-order valence-corrected chi connectivity index (χ1v) is 3.34. The van der Waals surface area contributed by atoms with Gasteiger partial charge in [-0.25, -0.2) is 0 Å². The Morgan fingerprint density at radius 3 is 2.67 bits per heavy atom. The summed E-state index contributed by atoms with van der Waals surface area (Å²) in [6.45, 7) is 5.76. The van der Waals surface area contributed by atoms with Crippen LogP contribution in [0.1, 0.15) is 13.3 Å². The van der Waals surface area contributed by atoms with Crippen LogP contribution in [0, 0.1) is 0 Å². The lowest BCUT2D eigenvalue weighted by molar-refractivity contribution is 1.10. The van der Waals surface area contributed by atoms with Crippen molar-refractivity contribution in [3.05, 3.63) is 12.4 Å². The Hall–Kier alpha value is 0.170. The smallest absolute Gasteiger partial charge is 0.0252 e. The summed E-state index contributed by atoms with van der Waals surface area (Å²) in [5.74, 6) is 1.93. The van der Waals surface area contributed by atoms with E-state index in [1.807, 2.05) is 5.82 Å². The molecule has 1 heteroatoms. The van der Waals surface area contributed by atoms with Crippen molar-refractivity contribution in [2.24, 2.45) is 0 Å². The highest BCUT2D eigenvalue weighted by molar-refractivity contribution is 7.41. The molecule has 0 heterocycles. The normalized spacial score (nSPS) is 10.2.